The molecule has 0 bridgehead atoms. The second-order valence-corrected chi connectivity index (χ2v) is 12.1. The monoisotopic (exact) mass is 581 g/mol. The van der Waals surface area contributed by atoms with Crippen LogP contribution >= 0.6 is 0 Å². The number of amides is 2. The molecule has 1 unspecified atom stereocenters. The van der Waals surface area contributed by atoms with Crippen molar-refractivity contribution in [1.29, 1.82) is 0 Å². The highest BCUT2D eigenvalue weighted by Crippen LogP contribution is 2.32. The third-order valence-corrected chi connectivity index (χ3v) is 7.65. The lowest BCUT2D eigenvalue weighted by Gasteiger charge is -2.34. The number of anilines is 1. The third-order valence-electron chi connectivity index (χ3n) is 6.51. The van der Waals surface area contributed by atoms with Crippen molar-refractivity contribution in [2.45, 2.75) is 45.8 Å². The fourth-order valence-electron chi connectivity index (χ4n) is 4.42. The Kier molecular flexibility index (Phi) is 10.8. The van der Waals surface area contributed by atoms with Gasteiger partial charge in [0, 0.05) is 25.1 Å². The minimum Gasteiger partial charge on any atom is -0.493 e. The van der Waals surface area contributed by atoms with E-state index in [1.165, 1.54) is 25.2 Å². The summed E-state index contributed by atoms with van der Waals surface area (Å²) in [5.74, 6) is -0.0989. The number of hydrogen-bond donors (Lipinski definition) is 1. The van der Waals surface area contributed by atoms with Crippen LogP contribution in [0.3, 0.4) is 0 Å². The molecule has 3 aromatic rings. The normalized spacial score (nSPS) is 12.0. The van der Waals surface area contributed by atoms with Crippen molar-refractivity contribution in [2.75, 3.05) is 31.3 Å². The smallest absolute Gasteiger partial charge is 0.244 e. The molecular weight excluding hydrogens is 542 g/mol. The quantitative estimate of drug-likeness (QED) is 0.328. The SMILES string of the molecule is COc1ccc(N(CC(=O)N(Cc2ccc(C)cc2)C(Cc2ccccc2)C(=O)NC(C)C)S(C)(=O)=O)cc1OC. The van der Waals surface area contributed by atoms with E-state index in [0.717, 1.165) is 27.3 Å². The molecule has 3 aromatic carbocycles. The van der Waals surface area contributed by atoms with E-state index < -0.39 is 28.5 Å². The predicted octanol–water partition coefficient (Wildman–Crippen LogP) is 3.94. The van der Waals surface area contributed by atoms with E-state index >= 15 is 0 Å². The molecule has 0 fully saturated rings. The van der Waals surface area contributed by atoms with Crippen molar-refractivity contribution in [1.82, 2.24) is 10.2 Å². The third kappa shape index (κ3) is 8.72. The molecule has 3 rings (SSSR count). The van der Waals surface area contributed by atoms with E-state index in [9.17, 15) is 18.0 Å². The molecule has 10 heteroatoms. The first kappa shape index (κ1) is 31.5. The van der Waals surface area contributed by atoms with Crippen molar-refractivity contribution in [3.8, 4) is 11.5 Å². The fourth-order valence-corrected chi connectivity index (χ4v) is 5.26. The summed E-state index contributed by atoms with van der Waals surface area (Å²) in [6.45, 7) is 5.28. The molecule has 1 N–H and O–H groups in total. The zero-order chi connectivity index (χ0) is 30.2. The summed E-state index contributed by atoms with van der Waals surface area (Å²) in [7, 11) is -0.978. The average Bonchev–Trinajstić information content (AvgIpc) is 2.93. The molecule has 0 aliphatic heterocycles. The number of carbonyl (C=O) groups excluding carboxylic acids is 2. The molecule has 0 saturated heterocycles. The number of nitrogens with zero attached hydrogens (tertiary/aromatic N) is 2. The Balaban J connectivity index is 2.07. The molecule has 1 atom stereocenters. The molecule has 0 heterocycles. The Hall–Kier alpha value is -4.05. The maximum atomic E-state index is 14.1. The maximum absolute atomic E-state index is 14.1. The number of hydrogen-bond acceptors (Lipinski definition) is 6. The van der Waals surface area contributed by atoms with Crippen molar-refractivity contribution in [2.24, 2.45) is 0 Å². The van der Waals surface area contributed by atoms with Gasteiger partial charge in [-0.1, -0.05) is 60.2 Å². The lowest BCUT2D eigenvalue weighted by Crippen LogP contribution is -2.54. The van der Waals surface area contributed by atoms with Crippen LogP contribution in [0.5, 0.6) is 11.5 Å². The number of carbonyl (C=O) groups is 2. The molecule has 0 saturated carbocycles. The fraction of sp³-hybridized carbons (Fsp3) is 0.355. The van der Waals surface area contributed by atoms with Gasteiger partial charge in [0.25, 0.3) is 0 Å². The Bertz CT molecular complexity index is 1430. The van der Waals surface area contributed by atoms with Gasteiger partial charge in [-0.2, -0.15) is 0 Å². The first-order valence-electron chi connectivity index (χ1n) is 13.3. The molecule has 2 amide bonds. The summed E-state index contributed by atoms with van der Waals surface area (Å²) in [4.78, 5) is 29.2. The highest BCUT2D eigenvalue weighted by Gasteiger charge is 2.33. The highest BCUT2D eigenvalue weighted by atomic mass is 32.2. The van der Waals surface area contributed by atoms with Crippen LogP contribution in [0, 0.1) is 6.92 Å². The molecule has 41 heavy (non-hydrogen) atoms. The highest BCUT2D eigenvalue weighted by molar-refractivity contribution is 7.92. The number of nitrogens with one attached hydrogen (secondary N) is 1. The van der Waals surface area contributed by atoms with Crippen LogP contribution in [0.1, 0.15) is 30.5 Å². The number of rotatable bonds is 13. The Morgan fingerprint density at radius 2 is 1.51 bits per heavy atom. The van der Waals surface area contributed by atoms with Crippen LogP contribution in [0.4, 0.5) is 5.69 Å². The van der Waals surface area contributed by atoms with Crippen LogP contribution in [-0.2, 0) is 32.6 Å². The van der Waals surface area contributed by atoms with Gasteiger partial charge < -0.3 is 19.7 Å². The van der Waals surface area contributed by atoms with Gasteiger partial charge in [-0.25, -0.2) is 8.42 Å². The van der Waals surface area contributed by atoms with Gasteiger partial charge in [0.1, 0.15) is 12.6 Å². The van der Waals surface area contributed by atoms with Gasteiger partial charge in [-0.05, 0) is 44.0 Å². The number of aryl methyl sites for hydroxylation is 1. The van der Waals surface area contributed by atoms with Gasteiger partial charge in [0.05, 0.1) is 26.2 Å². The minimum absolute atomic E-state index is 0.117. The van der Waals surface area contributed by atoms with E-state index in [1.54, 1.807) is 12.1 Å². The van der Waals surface area contributed by atoms with Crippen molar-refractivity contribution in [3.05, 3.63) is 89.5 Å². The summed E-state index contributed by atoms with van der Waals surface area (Å²) in [5.41, 5.74) is 2.98. The maximum Gasteiger partial charge on any atom is 0.244 e. The number of ether oxygens (including phenoxy) is 2. The van der Waals surface area contributed by atoms with Crippen LogP contribution in [0.25, 0.3) is 0 Å². The standard InChI is InChI=1S/C31H39N3O6S/c1-22(2)32-31(36)27(18-24-10-8-7-9-11-24)33(20-25-14-12-23(3)13-15-25)30(35)21-34(41(6,37)38)26-16-17-28(39-4)29(19-26)40-5/h7-17,19,22,27H,18,20-21H2,1-6H3,(H,32,36). The summed E-state index contributed by atoms with van der Waals surface area (Å²) < 4.78 is 37.6. The van der Waals surface area contributed by atoms with E-state index in [2.05, 4.69) is 5.32 Å². The molecule has 0 spiro atoms. The first-order chi connectivity index (χ1) is 19.4. The van der Waals surface area contributed by atoms with Crippen molar-refractivity contribution < 1.29 is 27.5 Å². The second-order valence-electron chi connectivity index (χ2n) is 10.2. The second kappa shape index (κ2) is 14.0. The molecule has 9 nitrogen and oxygen atoms in total. The van der Waals surface area contributed by atoms with Gasteiger partial charge >= 0.3 is 0 Å². The number of sulfonamides is 1. The Morgan fingerprint density at radius 1 is 0.878 bits per heavy atom. The van der Waals surface area contributed by atoms with E-state index in [0.29, 0.717) is 11.5 Å². The van der Waals surface area contributed by atoms with Crippen LogP contribution < -0.4 is 19.1 Å². The van der Waals surface area contributed by atoms with Gasteiger partial charge in [-0.3, -0.25) is 13.9 Å². The average molecular weight is 582 g/mol. The molecule has 0 aromatic heterocycles. The van der Waals surface area contributed by atoms with E-state index in [1.807, 2.05) is 75.4 Å². The summed E-state index contributed by atoms with van der Waals surface area (Å²) >= 11 is 0. The van der Waals surface area contributed by atoms with Crippen molar-refractivity contribution >= 4 is 27.5 Å². The first-order valence-corrected chi connectivity index (χ1v) is 15.2. The van der Waals surface area contributed by atoms with Crippen LogP contribution in [-0.4, -0.2) is 64.2 Å². The minimum atomic E-state index is -3.90. The summed E-state index contributed by atoms with van der Waals surface area (Å²) in [6, 6.07) is 20.7. The molecule has 0 aliphatic carbocycles. The van der Waals surface area contributed by atoms with Crippen LogP contribution in [0.2, 0.25) is 0 Å². The molecule has 220 valence electrons. The Morgan fingerprint density at radius 3 is 2.07 bits per heavy atom. The lowest BCUT2D eigenvalue weighted by molar-refractivity contribution is -0.140. The number of benzene rings is 3. The molecule has 0 radical (unpaired) electrons. The summed E-state index contributed by atoms with van der Waals surface area (Å²) in [6.07, 6.45) is 1.29. The van der Waals surface area contributed by atoms with Crippen LogP contribution in [0.15, 0.2) is 72.8 Å². The van der Waals surface area contributed by atoms with Gasteiger partial charge in [0.15, 0.2) is 11.5 Å². The Labute approximate surface area is 243 Å². The lowest BCUT2D eigenvalue weighted by atomic mass is 10.0. The van der Waals surface area contributed by atoms with E-state index in [4.69, 9.17) is 9.47 Å². The summed E-state index contributed by atoms with van der Waals surface area (Å²) in [5, 5.41) is 2.94. The largest absolute Gasteiger partial charge is 0.493 e. The van der Waals surface area contributed by atoms with Gasteiger partial charge in [-0.15, -0.1) is 0 Å². The topological polar surface area (TPSA) is 105 Å². The zero-order valence-corrected chi connectivity index (χ0v) is 25.3. The number of methoxy groups -OCH3 is 2. The predicted molar refractivity (Wildman–Crippen MR) is 161 cm³/mol. The van der Waals surface area contributed by atoms with E-state index in [-0.39, 0.29) is 30.6 Å². The molecular formula is C31H39N3O6S. The van der Waals surface area contributed by atoms with Crippen molar-refractivity contribution in [3.63, 3.8) is 0 Å². The van der Waals surface area contributed by atoms with Gasteiger partial charge in [0.2, 0.25) is 21.8 Å². The zero-order valence-electron chi connectivity index (χ0n) is 24.5. The molecule has 0 aliphatic rings.